The molecule has 0 saturated heterocycles. The highest BCUT2D eigenvalue weighted by atomic mass is 35.5. The summed E-state index contributed by atoms with van der Waals surface area (Å²) in [5.41, 5.74) is -1.04. The first-order valence-corrected chi connectivity index (χ1v) is 7.80. The molecule has 0 heterocycles. The lowest BCUT2D eigenvalue weighted by atomic mass is 9.68. The lowest BCUT2D eigenvalue weighted by molar-refractivity contribution is -0.149. The molecule has 0 aliphatic heterocycles. The number of hydrogen-bond acceptors (Lipinski definition) is 3. The van der Waals surface area contributed by atoms with E-state index in [-0.39, 0.29) is 24.2 Å². The Hall–Kier alpha value is -1.68. The monoisotopic (exact) mass is 319 g/mol. The van der Waals surface area contributed by atoms with Gasteiger partial charge in [-0.2, -0.15) is 0 Å². The summed E-state index contributed by atoms with van der Waals surface area (Å²) in [6, 6.07) is 7.23. The molecule has 2 fully saturated rings. The van der Waals surface area contributed by atoms with Gasteiger partial charge in [0.25, 0.3) is 0 Å². The summed E-state index contributed by atoms with van der Waals surface area (Å²) in [6.45, 7) is 3.95. The van der Waals surface area contributed by atoms with Crippen molar-refractivity contribution in [1.29, 1.82) is 0 Å². The number of carbonyl (C=O) groups is 3. The van der Waals surface area contributed by atoms with Crippen LogP contribution in [0, 0.1) is 16.7 Å². The minimum atomic E-state index is -1.21. The molecule has 0 aromatic heterocycles. The molecule has 1 N–H and O–H groups in total. The van der Waals surface area contributed by atoms with Crippen molar-refractivity contribution in [3.63, 3.8) is 0 Å². The molecule has 2 aliphatic rings. The second kappa shape index (κ2) is 4.92. The number of amides is 1. The summed E-state index contributed by atoms with van der Waals surface area (Å²) >= 11 is 6.08. The van der Waals surface area contributed by atoms with Gasteiger partial charge in [0.1, 0.15) is 5.41 Å². The van der Waals surface area contributed by atoms with Crippen LogP contribution in [0.4, 0.5) is 0 Å². The molecule has 2 aliphatic carbocycles. The third-order valence-electron chi connectivity index (χ3n) is 5.49. The van der Waals surface area contributed by atoms with E-state index in [2.05, 4.69) is 5.32 Å². The van der Waals surface area contributed by atoms with Gasteiger partial charge in [0, 0.05) is 17.5 Å². The largest absolute Gasteiger partial charge is 0.351 e. The molecule has 1 amide bonds. The van der Waals surface area contributed by atoms with Crippen LogP contribution in [0.5, 0.6) is 0 Å². The molecule has 1 aromatic rings. The Balaban J connectivity index is 1.84. The average molecular weight is 320 g/mol. The van der Waals surface area contributed by atoms with E-state index in [4.69, 9.17) is 11.6 Å². The molecule has 0 radical (unpaired) electrons. The molecule has 0 spiro atoms. The van der Waals surface area contributed by atoms with Crippen molar-refractivity contribution in [3.8, 4) is 0 Å². The molecule has 5 heteroatoms. The van der Waals surface area contributed by atoms with Crippen molar-refractivity contribution in [1.82, 2.24) is 5.32 Å². The van der Waals surface area contributed by atoms with E-state index < -0.39 is 16.6 Å². The normalized spacial score (nSPS) is 29.0. The second-order valence-corrected chi connectivity index (χ2v) is 7.09. The summed E-state index contributed by atoms with van der Waals surface area (Å²) in [5.74, 6) is -1.59. The smallest absolute Gasteiger partial charge is 0.235 e. The summed E-state index contributed by atoms with van der Waals surface area (Å²) in [6.07, 6.45) is 1.06. The Kier molecular flexibility index (Phi) is 3.40. The molecule has 2 unspecified atom stereocenters. The van der Waals surface area contributed by atoms with Crippen LogP contribution in [-0.4, -0.2) is 17.5 Å². The minimum absolute atomic E-state index is 0.252. The van der Waals surface area contributed by atoms with Gasteiger partial charge in [-0.15, -0.1) is 0 Å². The van der Waals surface area contributed by atoms with Crippen molar-refractivity contribution < 1.29 is 14.4 Å². The summed E-state index contributed by atoms with van der Waals surface area (Å²) in [4.78, 5) is 37.2. The van der Waals surface area contributed by atoms with Crippen LogP contribution in [0.3, 0.4) is 0 Å². The topological polar surface area (TPSA) is 63.2 Å². The van der Waals surface area contributed by atoms with Gasteiger partial charge >= 0.3 is 0 Å². The van der Waals surface area contributed by atoms with E-state index in [1.807, 2.05) is 32.0 Å². The van der Waals surface area contributed by atoms with Gasteiger partial charge in [-0.3, -0.25) is 14.4 Å². The molecule has 2 bridgehead atoms. The zero-order valence-corrected chi connectivity index (χ0v) is 13.4. The SMILES string of the molecule is CC1(C)C2CCC1(C(=O)NCc1ccccc1Cl)C(=O)C2=O. The average Bonchev–Trinajstić information content (AvgIpc) is 2.82. The van der Waals surface area contributed by atoms with Gasteiger partial charge in [0.15, 0.2) is 0 Å². The molecule has 116 valence electrons. The van der Waals surface area contributed by atoms with E-state index in [1.165, 1.54) is 0 Å². The first kappa shape index (κ1) is 15.2. The van der Waals surface area contributed by atoms with E-state index in [9.17, 15) is 14.4 Å². The molecular weight excluding hydrogens is 302 g/mol. The van der Waals surface area contributed by atoms with Crippen molar-refractivity contribution in [2.24, 2.45) is 16.7 Å². The van der Waals surface area contributed by atoms with E-state index in [0.717, 1.165) is 5.56 Å². The number of ketones is 2. The maximum Gasteiger partial charge on any atom is 0.235 e. The number of nitrogens with one attached hydrogen (secondary N) is 1. The zero-order chi connectivity index (χ0) is 16.1. The lowest BCUT2D eigenvalue weighted by Crippen LogP contribution is -2.50. The minimum Gasteiger partial charge on any atom is -0.351 e. The Bertz CT molecular complexity index is 682. The molecule has 1 aromatic carbocycles. The van der Waals surface area contributed by atoms with Gasteiger partial charge in [-0.1, -0.05) is 43.6 Å². The van der Waals surface area contributed by atoms with Crippen molar-refractivity contribution in [2.75, 3.05) is 0 Å². The van der Waals surface area contributed by atoms with Crippen LogP contribution >= 0.6 is 11.6 Å². The van der Waals surface area contributed by atoms with Crippen LogP contribution in [0.25, 0.3) is 0 Å². The van der Waals surface area contributed by atoms with Crippen molar-refractivity contribution in [3.05, 3.63) is 34.9 Å². The Morgan fingerprint density at radius 1 is 1.32 bits per heavy atom. The maximum absolute atomic E-state index is 12.8. The zero-order valence-electron chi connectivity index (χ0n) is 12.6. The fourth-order valence-electron chi connectivity index (χ4n) is 4.05. The van der Waals surface area contributed by atoms with Gasteiger partial charge < -0.3 is 5.32 Å². The van der Waals surface area contributed by atoms with Crippen LogP contribution < -0.4 is 5.32 Å². The predicted molar refractivity (Wildman–Crippen MR) is 82.3 cm³/mol. The van der Waals surface area contributed by atoms with E-state index in [0.29, 0.717) is 17.9 Å². The number of hydrogen-bond donors (Lipinski definition) is 1. The summed E-state index contributed by atoms with van der Waals surface area (Å²) in [5, 5.41) is 3.38. The van der Waals surface area contributed by atoms with Crippen LogP contribution in [0.1, 0.15) is 32.3 Å². The van der Waals surface area contributed by atoms with E-state index in [1.54, 1.807) is 6.07 Å². The molecule has 22 heavy (non-hydrogen) atoms. The molecule has 2 atom stereocenters. The Labute approximate surface area is 134 Å². The van der Waals surface area contributed by atoms with Gasteiger partial charge in [0.2, 0.25) is 17.5 Å². The predicted octanol–water partition coefficient (Wildman–Crippen LogP) is 2.53. The van der Waals surface area contributed by atoms with Crippen LogP contribution in [0.15, 0.2) is 24.3 Å². The standard InChI is InChI=1S/C17H18ClNO3/c1-16(2)11-7-8-17(16,14(21)13(11)20)15(22)19-9-10-5-3-4-6-12(10)18/h3-6,11H,7-9H2,1-2H3,(H,19,22). The first-order chi connectivity index (χ1) is 10.3. The number of Topliss-reactive ketones (excluding diaryl/α,β-unsaturated/α-hetero) is 2. The number of fused-ring (bicyclic) bond motifs is 2. The Morgan fingerprint density at radius 3 is 2.59 bits per heavy atom. The van der Waals surface area contributed by atoms with Gasteiger partial charge in [-0.25, -0.2) is 0 Å². The highest BCUT2D eigenvalue weighted by Gasteiger charge is 2.72. The first-order valence-electron chi connectivity index (χ1n) is 7.42. The highest BCUT2D eigenvalue weighted by Crippen LogP contribution is 2.62. The maximum atomic E-state index is 12.8. The molecule has 2 saturated carbocycles. The molecule has 3 rings (SSSR count). The molecular formula is C17H18ClNO3. The summed E-state index contributed by atoms with van der Waals surface area (Å²) in [7, 11) is 0. The Morgan fingerprint density at radius 2 is 2.00 bits per heavy atom. The van der Waals surface area contributed by atoms with Crippen LogP contribution in [0.2, 0.25) is 5.02 Å². The van der Waals surface area contributed by atoms with Gasteiger partial charge in [-0.05, 0) is 29.9 Å². The lowest BCUT2D eigenvalue weighted by Gasteiger charge is -2.33. The third-order valence-corrected chi connectivity index (χ3v) is 5.86. The quantitative estimate of drug-likeness (QED) is 0.688. The van der Waals surface area contributed by atoms with Crippen molar-refractivity contribution >= 4 is 29.1 Å². The van der Waals surface area contributed by atoms with E-state index >= 15 is 0 Å². The van der Waals surface area contributed by atoms with Crippen molar-refractivity contribution in [2.45, 2.75) is 33.2 Å². The molecule has 4 nitrogen and oxygen atoms in total. The number of benzene rings is 1. The number of halogens is 1. The fourth-order valence-corrected chi connectivity index (χ4v) is 4.25. The third kappa shape index (κ3) is 1.80. The van der Waals surface area contributed by atoms with Crippen LogP contribution in [-0.2, 0) is 20.9 Å². The number of carbonyl (C=O) groups excluding carboxylic acids is 3. The highest BCUT2D eigenvalue weighted by molar-refractivity contribution is 6.47. The fraction of sp³-hybridized carbons (Fsp3) is 0.471. The second-order valence-electron chi connectivity index (χ2n) is 6.69. The number of rotatable bonds is 3. The summed E-state index contributed by atoms with van der Waals surface area (Å²) < 4.78 is 0. The van der Waals surface area contributed by atoms with Gasteiger partial charge in [0.05, 0.1) is 0 Å².